The molecule has 0 aliphatic carbocycles. The van der Waals surface area contributed by atoms with Gasteiger partial charge in [-0.2, -0.15) is 0 Å². The van der Waals surface area contributed by atoms with Crippen LogP contribution in [0.1, 0.15) is 103 Å². The quantitative estimate of drug-likeness (QED) is 0.0735. The lowest BCUT2D eigenvalue weighted by Crippen LogP contribution is -2.37. The molecule has 2 unspecified atom stereocenters. The number of unbranched alkanes of at least 4 members (excludes halogenated alkanes) is 9. The molecule has 1 rings (SSSR count). The van der Waals surface area contributed by atoms with Crippen molar-refractivity contribution < 1.29 is 32.5 Å². The van der Waals surface area contributed by atoms with Crippen LogP contribution >= 0.6 is 7.82 Å². The number of quaternary nitrogens is 1. The first-order valence-electron chi connectivity index (χ1n) is 15.1. The summed E-state index contributed by atoms with van der Waals surface area (Å²) in [5, 5.41) is 0. The van der Waals surface area contributed by atoms with Crippen molar-refractivity contribution in [3.63, 3.8) is 0 Å². The summed E-state index contributed by atoms with van der Waals surface area (Å²) in [4.78, 5) is 21.7. The maximum absolute atomic E-state index is 12.2. The maximum Gasteiger partial charge on any atom is 0.472 e. The highest BCUT2D eigenvalue weighted by Crippen LogP contribution is 2.44. The van der Waals surface area contributed by atoms with Gasteiger partial charge in [-0.3, -0.25) is 9.05 Å². The van der Waals surface area contributed by atoms with Crippen molar-refractivity contribution in [1.82, 2.24) is 0 Å². The molecule has 0 amide bonds. The number of phosphoric acid groups is 1. The average Bonchev–Trinajstić information content (AvgIpc) is 2.85. The van der Waals surface area contributed by atoms with E-state index in [-0.39, 0.29) is 24.9 Å². The van der Waals surface area contributed by atoms with E-state index < -0.39 is 7.82 Å². The minimum atomic E-state index is -4.13. The fraction of sp³-hybridized carbons (Fsp3) is 0.774. The molecule has 8 heteroatoms. The van der Waals surface area contributed by atoms with Crippen LogP contribution in [0.2, 0.25) is 0 Å². The Labute approximate surface area is 238 Å². The molecule has 0 aromatic heterocycles. The zero-order chi connectivity index (χ0) is 29.0. The van der Waals surface area contributed by atoms with E-state index in [0.29, 0.717) is 17.4 Å². The summed E-state index contributed by atoms with van der Waals surface area (Å²) in [6.07, 6.45) is 15.9. The first-order valence-corrected chi connectivity index (χ1v) is 16.6. The summed E-state index contributed by atoms with van der Waals surface area (Å²) in [5.74, 6) is 0.835. The molecule has 0 aliphatic heterocycles. The van der Waals surface area contributed by atoms with E-state index in [1.54, 1.807) is 0 Å². The Morgan fingerprint density at radius 1 is 0.872 bits per heavy atom. The van der Waals surface area contributed by atoms with Crippen molar-refractivity contribution in [1.29, 1.82) is 0 Å². The van der Waals surface area contributed by atoms with Crippen LogP contribution in [0.25, 0.3) is 0 Å². The molecule has 226 valence electrons. The van der Waals surface area contributed by atoms with Gasteiger partial charge in [0.2, 0.25) is 0 Å². The molecule has 2 atom stereocenters. The molecule has 0 radical (unpaired) electrons. The van der Waals surface area contributed by atoms with Gasteiger partial charge in [0.05, 0.1) is 34.4 Å². The molecular weight excluding hydrogens is 513 g/mol. The lowest BCUT2D eigenvalue weighted by molar-refractivity contribution is -0.870. The third-order valence-electron chi connectivity index (χ3n) is 6.83. The third kappa shape index (κ3) is 21.2. The van der Waals surface area contributed by atoms with Crippen molar-refractivity contribution >= 4 is 13.6 Å². The number of Topliss-reactive ketones (excluding diaryl/α,β-unsaturated/α-hetero) is 1. The summed E-state index contributed by atoms with van der Waals surface area (Å²) in [6, 6.07) is 8.23. The van der Waals surface area contributed by atoms with Crippen molar-refractivity contribution in [3.05, 3.63) is 29.8 Å². The topological polar surface area (TPSA) is 82.1 Å². The number of aryl methyl sites for hydroxylation is 1. The molecule has 0 saturated heterocycles. The van der Waals surface area contributed by atoms with Gasteiger partial charge in [0.1, 0.15) is 24.7 Å². The molecule has 1 aromatic rings. The van der Waals surface area contributed by atoms with Crippen LogP contribution in [0.5, 0.6) is 5.75 Å². The van der Waals surface area contributed by atoms with Gasteiger partial charge in [0, 0.05) is 6.42 Å². The number of ether oxygens (including phenoxy) is 1. The number of rotatable bonds is 25. The summed E-state index contributed by atoms with van der Waals surface area (Å²) < 4.78 is 29.1. The smallest absolute Gasteiger partial charge is 0.472 e. The molecule has 0 heterocycles. The Kier molecular flexibility index (Phi) is 18.9. The van der Waals surface area contributed by atoms with Crippen LogP contribution in [0.4, 0.5) is 0 Å². The lowest BCUT2D eigenvalue weighted by Gasteiger charge is -2.24. The van der Waals surface area contributed by atoms with Gasteiger partial charge in [-0.1, -0.05) is 76.8 Å². The SMILES string of the molecule is CCCCCCCCCCCCOc1ccc(CCCC(COP(=O)(O)OCC[N+](C)(C)C)CC(C)=O)cc1. The van der Waals surface area contributed by atoms with Crippen LogP contribution in [-0.4, -0.2) is 62.7 Å². The number of hydrogen-bond acceptors (Lipinski definition) is 5. The fourth-order valence-corrected chi connectivity index (χ4v) is 5.23. The first kappa shape index (κ1) is 35.8. The van der Waals surface area contributed by atoms with Gasteiger partial charge in [0.15, 0.2) is 0 Å². The summed E-state index contributed by atoms with van der Waals surface area (Å²) >= 11 is 0. The van der Waals surface area contributed by atoms with E-state index in [1.807, 2.05) is 33.3 Å². The van der Waals surface area contributed by atoms with Crippen molar-refractivity contribution in [2.45, 2.75) is 104 Å². The Bertz CT molecular complexity index is 808. The lowest BCUT2D eigenvalue weighted by atomic mass is 9.96. The predicted octanol–water partition coefficient (Wildman–Crippen LogP) is 7.74. The highest BCUT2D eigenvalue weighted by Gasteiger charge is 2.25. The second-order valence-corrected chi connectivity index (χ2v) is 13.4. The molecule has 1 N–H and O–H groups in total. The van der Waals surface area contributed by atoms with E-state index in [2.05, 4.69) is 19.1 Å². The van der Waals surface area contributed by atoms with E-state index in [4.69, 9.17) is 13.8 Å². The molecule has 39 heavy (non-hydrogen) atoms. The Hall–Kier alpha value is -1.24. The minimum Gasteiger partial charge on any atom is -0.494 e. The standard InChI is InChI=1S/C31H56NO6P/c1-6-7-8-9-10-11-12-13-14-15-24-36-31-21-19-29(20-22-31)17-16-18-30(26-28(2)33)27-38-39(34,35)37-25-23-32(3,4)5/h19-22,30H,6-18,23-27H2,1-5H3/p+1. The summed E-state index contributed by atoms with van der Waals surface area (Å²) in [6.45, 7) is 5.32. The third-order valence-corrected chi connectivity index (χ3v) is 7.82. The number of carbonyl (C=O) groups excluding carboxylic acids is 1. The van der Waals surface area contributed by atoms with Crippen LogP contribution in [0, 0.1) is 5.92 Å². The predicted molar refractivity (Wildman–Crippen MR) is 160 cm³/mol. The average molecular weight is 571 g/mol. The molecule has 7 nitrogen and oxygen atoms in total. The number of ketones is 1. The van der Waals surface area contributed by atoms with Gasteiger partial charge in [-0.15, -0.1) is 0 Å². The molecule has 0 bridgehead atoms. The van der Waals surface area contributed by atoms with Crippen molar-refractivity contribution in [2.24, 2.45) is 5.92 Å². The highest BCUT2D eigenvalue weighted by atomic mass is 31.2. The normalized spacial score (nSPS) is 14.2. The number of hydrogen-bond donors (Lipinski definition) is 1. The van der Waals surface area contributed by atoms with E-state index in [1.165, 1.54) is 70.3 Å². The minimum absolute atomic E-state index is 0.0312. The molecular formula is C31H57NO6P+. The Balaban J connectivity index is 2.26. The van der Waals surface area contributed by atoms with Gasteiger partial charge >= 0.3 is 7.82 Å². The maximum atomic E-state index is 12.2. The van der Waals surface area contributed by atoms with E-state index in [9.17, 15) is 14.3 Å². The molecule has 0 saturated carbocycles. The fourth-order valence-electron chi connectivity index (χ4n) is 4.44. The highest BCUT2D eigenvalue weighted by molar-refractivity contribution is 7.47. The summed E-state index contributed by atoms with van der Waals surface area (Å²) in [5.41, 5.74) is 1.21. The molecule has 0 aliphatic rings. The van der Waals surface area contributed by atoms with Gasteiger partial charge in [-0.05, 0) is 56.2 Å². The Morgan fingerprint density at radius 3 is 2.03 bits per heavy atom. The zero-order valence-electron chi connectivity index (χ0n) is 25.5. The van der Waals surface area contributed by atoms with E-state index >= 15 is 0 Å². The second-order valence-electron chi connectivity index (χ2n) is 12.0. The largest absolute Gasteiger partial charge is 0.494 e. The van der Waals surface area contributed by atoms with Gasteiger partial charge < -0.3 is 18.9 Å². The van der Waals surface area contributed by atoms with Gasteiger partial charge in [-0.25, -0.2) is 4.57 Å². The summed E-state index contributed by atoms with van der Waals surface area (Å²) in [7, 11) is 1.81. The second kappa shape index (κ2) is 20.6. The zero-order valence-corrected chi connectivity index (χ0v) is 26.4. The van der Waals surface area contributed by atoms with Crippen LogP contribution in [-0.2, 0) is 24.8 Å². The van der Waals surface area contributed by atoms with Crippen LogP contribution < -0.4 is 4.74 Å². The first-order chi connectivity index (χ1) is 18.5. The van der Waals surface area contributed by atoms with Gasteiger partial charge in [0.25, 0.3) is 0 Å². The van der Waals surface area contributed by atoms with Crippen molar-refractivity contribution in [3.8, 4) is 5.75 Å². The number of benzene rings is 1. The number of phosphoric ester groups is 1. The number of likely N-dealkylation sites (N-methyl/N-ethyl adjacent to an activating group) is 1. The molecule has 1 aromatic carbocycles. The molecule has 0 fully saturated rings. The van der Waals surface area contributed by atoms with Crippen molar-refractivity contribution in [2.75, 3.05) is 47.5 Å². The monoisotopic (exact) mass is 570 g/mol. The van der Waals surface area contributed by atoms with Crippen LogP contribution in [0.3, 0.4) is 0 Å². The van der Waals surface area contributed by atoms with E-state index in [0.717, 1.165) is 38.0 Å². The number of nitrogens with zero attached hydrogens (tertiary/aromatic N) is 1. The number of carbonyl (C=O) groups is 1. The van der Waals surface area contributed by atoms with Crippen LogP contribution in [0.15, 0.2) is 24.3 Å². The Morgan fingerprint density at radius 2 is 1.46 bits per heavy atom. The molecule has 0 spiro atoms.